The molecule has 2 rings (SSSR count). The molecular weight excluding hydrogens is 303 g/mol. The molecule has 0 saturated carbocycles. The number of nitrogens with two attached hydrogens (primary N) is 2. The molecule has 0 aliphatic rings. The van der Waals surface area contributed by atoms with Crippen LogP contribution in [0.5, 0.6) is 0 Å². The first kappa shape index (κ1) is 15.6. The highest BCUT2D eigenvalue weighted by atomic mass is 35.5. The molecule has 3 nitrogen and oxygen atoms in total. The largest absolute Gasteiger partial charge is 0.416 e. The van der Waals surface area contributed by atoms with E-state index in [1.165, 1.54) is 12.1 Å². The summed E-state index contributed by atoms with van der Waals surface area (Å²) < 4.78 is 37.7. The molecule has 0 fully saturated rings. The Bertz CT molecular complexity index is 626. The van der Waals surface area contributed by atoms with Crippen molar-refractivity contribution < 1.29 is 13.2 Å². The third-order valence-electron chi connectivity index (χ3n) is 3.10. The molecule has 1 atom stereocenters. The second kappa shape index (κ2) is 5.93. The lowest BCUT2D eigenvalue weighted by Gasteiger charge is -2.19. The van der Waals surface area contributed by atoms with Crippen molar-refractivity contribution in [3.8, 4) is 0 Å². The first-order valence-electron chi connectivity index (χ1n) is 6.01. The van der Waals surface area contributed by atoms with Crippen molar-refractivity contribution >= 4 is 17.3 Å². The van der Waals surface area contributed by atoms with E-state index >= 15 is 0 Å². The number of hydrazine groups is 1. The lowest BCUT2D eigenvalue weighted by molar-refractivity contribution is -0.137. The molecule has 112 valence electrons. The average molecular weight is 316 g/mol. The molecule has 1 unspecified atom stereocenters. The van der Waals surface area contributed by atoms with Crippen molar-refractivity contribution in [3.63, 3.8) is 0 Å². The van der Waals surface area contributed by atoms with Crippen molar-refractivity contribution in [2.24, 2.45) is 5.84 Å². The average Bonchev–Trinajstić information content (AvgIpc) is 2.41. The summed E-state index contributed by atoms with van der Waals surface area (Å²) in [6.07, 6.45) is -4.37. The summed E-state index contributed by atoms with van der Waals surface area (Å²) in [6.45, 7) is 0. The molecule has 0 aromatic heterocycles. The van der Waals surface area contributed by atoms with Crippen molar-refractivity contribution in [2.75, 3.05) is 5.73 Å². The van der Waals surface area contributed by atoms with Crippen LogP contribution >= 0.6 is 11.6 Å². The van der Waals surface area contributed by atoms with E-state index in [-0.39, 0.29) is 0 Å². The number of halogens is 4. The number of nitrogens with one attached hydrogen (secondary N) is 1. The van der Waals surface area contributed by atoms with Crippen LogP contribution in [0.4, 0.5) is 18.9 Å². The normalized spacial score (nSPS) is 13.2. The van der Waals surface area contributed by atoms with Crippen LogP contribution in [0, 0.1) is 0 Å². The lowest BCUT2D eigenvalue weighted by Crippen LogP contribution is -2.29. The summed E-state index contributed by atoms with van der Waals surface area (Å²) in [5.41, 5.74) is 9.32. The zero-order chi connectivity index (χ0) is 15.6. The van der Waals surface area contributed by atoms with Gasteiger partial charge in [-0.25, -0.2) is 5.43 Å². The minimum atomic E-state index is -4.37. The van der Waals surface area contributed by atoms with Gasteiger partial charge in [0.1, 0.15) is 0 Å². The van der Waals surface area contributed by atoms with Gasteiger partial charge < -0.3 is 5.73 Å². The molecule has 0 saturated heterocycles. The van der Waals surface area contributed by atoms with Crippen LogP contribution in [-0.4, -0.2) is 0 Å². The molecule has 0 bridgehead atoms. The van der Waals surface area contributed by atoms with E-state index in [0.29, 0.717) is 21.8 Å². The van der Waals surface area contributed by atoms with E-state index in [9.17, 15) is 13.2 Å². The van der Waals surface area contributed by atoms with Gasteiger partial charge in [-0.2, -0.15) is 13.2 Å². The smallest absolute Gasteiger partial charge is 0.398 e. The fourth-order valence-corrected chi connectivity index (χ4v) is 2.22. The number of nitrogen functional groups attached to an aromatic ring is 1. The van der Waals surface area contributed by atoms with Crippen molar-refractivity contribution in [1.82, 2.24) is 5.43 Å². The number of hydrogen-bond acceptors (Lipinski definition) is 3. The number of benzene rings is 2. The lowest BCUT2D eigenvalue weighted by atomic mass is 9.97. The van der Waals surface area contributed by atoms with E-state index in [2.05, 4.69) is 5.43 Å². The fourth-order valence-electron chi connectivity index (χ4n) is 2.04. The Morgan fingerprint density at radius 2 is 1.67 bits per heavy atom. The van der Waals surface area contributed by atoms with E-state index in [1.54, 1.807) is 18.2 Å². The SMILES string of the molecule is NNC(c1ccc(C(F)(F)F)cc1)c1ccc(Cl)cc1N. The summed E-state index contributed by atoms with van der Waals surface area (Å²) in [7, 11) is 0. The minimum Gasteiger partial charge on any atom is -0.398 e. The zero-order valence-electron chi connectivity index (χ0n) is 10.8. The topological polar surface area (TPSA) is 64.1 Å². The summed E-state index contributed by atoms with van der Waals surface area (Å²) in [5.74, 6) is 5.51. The molecule has 2 aromatic rings. The molecule has 21 heavy (non-hydrogen) atoms. The van der Waals surface area contributed by atoms with Gasteiger partial charge in [-0.3, -0.25) is 5.84 Å². The Balaban J connectivity index is 2.37. The van der Waals surface area contributed by atoms with Gasteiger partial charge in [-0.1, -0.05) is 29.8 Å². The molecule has 0 amide bonds. The van der Waals surface area contributed by atoms with Crippen LogP contribution in [0.3, 0.4) is 0 Å². The first-order valence-corrected chi connectivity index (χ1v) is 6.39. The van der Waals surface area contributed by atoms with Crippen LogP contribution in [-0.2, 0) is 6.18 Å². The Morgan fingerprint density at radius 3 is 2.14 bits per heavy atom. The first-order chi connectivity index (χ1) is 9.82. The van der Waals surface area contributed by atoms with Crippen molar-refractivity contribution in [1.29, 1.82) is 0 Å². The number of anilines is 1. The molecule has 5 N–H and O–H groups in total. The second-order valence-corrected chi connectivity index (χ2v) is 4.93. The maximum Gasteiger partial charge on any atom is 0.416 e. The predicted octanol–water partition coefficient (Wildman–Crippen LogP) is 3.49. The van der Waals surface area contributed by atoms with Crippen LogP contribution in [0.15, 0.2) is 42.5 Å². The summed E-state index contributed by atoms with van der Waals surface area (Å²) in [4.78, 5) is 0. The molecule has 0 radical (unpaired) electrons. The Morgan fingerprint density at radius 1 is 1.05 bits per heavy atom. The van der Waals surface area contributed by atoms with Crippen molar-refractivity contribution in [2.45, 2.75) is 12.2 Å². The molecule has 2 aromatic carbocycles. The third kappa shape index (κ3) is 3.47. The van der Waals surface area contributed by atoms with Crippen molar-refractivity contribution in [3.05, 3.63) is 64.2 Å². The van der Waals surface area contributed by atoms with Crippen LogP contribution < -0.4 is 17.0 Å². The molecule has 7 heteroatoms. The number of rotatable bonds is 3. The van der Waals surface area contributed by atoms with E-state index in [0.717, 1.165) is 12.1 Å². The Kier molecular flexibility index (Phi) is 4.41. The maximum absolute atomic E-state index is 12.6. The van der Waals surface area contributed by atoms with Gasteiger partial charge in [0.2, 0.25) is 0 Å². The highest BCUT2D eigenvalue weighted by Gasteiger charge is 2.30. The Labute approximate surface area is 124 Å². The maximum atomic E-state index is 12.6. The molecule has 0 aliphatic carbocycles. The molecule has 0 spiro atoms. The van der Waals surface area contributed by atoms with Gasteiger partial charge in [-0.15, -0.1) is 0 Å². The van der Waals surface area contributed by atoms with Gasteiger partial charge in [-0.05, 0) is 35.4 Å². The van der Waals surface area contributed by atoms with E-state index in [4.69, 9.17) is 23.2 Å². The van der Waals surface area contributed by atoms with Crippen LogP contribution in [0.2, 0.25) is 5.02 Å². The highest BCUT2D eigenvalue weighted by molar-refractivity contribution is 6.30. The fraction of sp³-hybridized carbons (Fsp3) is 0.143. The van der Waals surface area contributed by atoms with E-state index < -0.39 is 17.8 Å². The van der Waals surface area contributed by atoms with Gasteiger partial charge in [0.15, 0.2) is 0 Å². The number of hydrogen-bond donors (Lipinski definition) is 3. The van der Waals surface area contributed by atoms with E-state index in [1.807, 2.05) is 0 Å². The summed E-state index contributed by atoms with van der Waals surface area (Å²) >= 11 is 5.83. The second-order valence-electron chi connectivity index (χ2n) is 4.49. The van der Waals surface area contributed by atoms with Crippen LogP contribution in [0.1, 0.15) is 22.7 Å². The molecular formula is C14H13ClF3N3. The van der Waals surface area contributed by atoms with Gasteiger partial charge in [0.05, 0.1) is 11.6 Å². The van der Waals surface area contributed by atoms with Gasteiger partial charge in [0, 0.05) is 10.7 Å². The highest BCUT2D eigenvalue weighted by Crippen LogP contribution is 2.32. The third-order valence-corrected chi connectivity index (χ3v) is 3.33. The quantitative estimate of drug-likeness (QED) is 0.461. The molecule has 0 aliphatic heterocycles. The standard InChI is InChI=1S/C14H13ClF3N3/c15-10-5-6-11(12(19)7-10)13(21-20)8-1-3-9(4-2-8)14(16,17)18/h1-7,13,21H,19-20H2. The summed E-state index contributed by atoms with van der Waals surface area (Å²) in [5, 5.41) is 0.472. The summed E-state index contributed by atoms with van der Waals surface area (Å²) in [6, 6.07) is 9.09. The zero-order valence-corrected chi connectivity index (χ0v) is 11.5. The predicted molar refractivity (Wildman–Crippen MR) is 76.5 cm³/mol. The van der Waals surface area contributed by atoms with Crippen LogP contribution in [0.25, 0.3) is 0 Å². The molecule has 0 heterocycles. The Hall–Kier alpha value is -1.76. The van der Waals surface area contributed by atoms with Gasteiger partial charge >= 0.3 is 6.18 Å². The van der Waals surface area contributed by atoms with Gasteiger partial charge in [0.25, 0.3) is 0 Å². The number of alkyl halides is 3. The monoisotopic (exact) mass is 315 g/mol. The minimum absolute atomic E-state index is 0.408.